The Morgan fingerprint density at radius 1 is 1.60 bits per heavy atom. The van der Waals surface area contributed by atoms with Crippen molar-refractivity contribution in [1.29, 1.82) is 10.5 Å². The van der Waals surface area contributed by atoms with Gasteiger partial charge in [0.2, 0.25) is 5.92 Å². The molecular formula is C5H5KN2O2. The summed E-state index contributed by atoms with van der Waals surface area (Å²) >= 11 is 0. The Morgan fingerprint density at radius 2 is 2.00 bits per heavy atom. The summed E-state index contributed by atoms with van der Waals surface area (Å²) < 4.78 is 4.11. The van der Waals surface area contributed by atoms with Crippen LogP contribution >= 0.6 is 0 Å². The van der Waals surface area contributed by atoms with Crippen molar-refractivity contribution in [2.75, 3.05) is 7.11 Å². The van der Waals surface area contributed by atoms with Crippen LogP contribution in [0.4, 0.5) is 0 Å². The molecule has 0 aliphatic carbocycles. The van der Waals surface area contributed by atoms with Crippen molar-refractivity contribution in [3.8, 4) is 12.1 Å². The number of carbonyl (C=O) groups excluding carboxylic acids is 1. The number of esters is 1. The zero-order valence-electron chi connectivity index (χ0n) is 6.79. The smallest absolute Gasteiger partial charge is 1.00 e. The van der Waals surface area contributed by atoms with Crippen molar-refractivity contribution in [3.05, 3.63) is 0 Å². The fourth-order valence-corrected chi connectivity index (χ4v) is 0.252. The summed E-state index contributed by atoms with van der Waals surface area (Å²) in [7, 11) is 1.13. The average molecular weight is 164 g/mol. The van der Waals surface area contributed by atoms with Gasteiger partial charge in [-0.15, -0.1) is 0 Å². The molecule has 0 N–H and O–H groups in total. The molecule has 4 nitrogen and oxygen atoms in total. The topological polar surface area (TPSA) is 73.9 Å². The summed E-state index contributed by atoms with van der Waals surface area (Å²) in [5.74, 6) is -2.09. The second-order valence-corrected chi connectivity index (χ2v) is 1.21. The van der Waals surface area contributed by atoms with Gasteiger partial charge < -0.3 is 6.16 Å². The van der Waals surface area contributed by atoms with Crippen LogP contribution in [0, 0.1) is 28.6 Å². The normalized spacial score (nSPS) is 6.80. The van der Waals surface area contributed by atoms with E-state index in [1.54, 1.807) is 0 Å². The van der Waals surface area contributed by atoms with E-state index in [0.29, 0.717) is 0 Å². The molecule has 0 heterocycles. The largest absolute Gasteiger partial charge is 1.00 e. The summed E-state index contributed by atoms with van der Waals surface area (Å²) in [5, 5.41) is 16.1. The molecule has 0 rings (SSSR count). The van der Waals surface area contributed by atoms with Crippen molar-refractivity contribution in [2.24, 2.45) is 5.92 Å². The molecule has 10 heavy (non-hydrogen) atoms. The van der Waals surface area contributed by atoms with Crippen molar-refractivity contribution in [2.45, 2.75) is 0 Å². The van der Waals surface area contributed by atoms with Crippen molar-refractivity contribution in [1.82, 2.24) is 0 Å². The minimum absolute atomic E-state index is 0. The Kier molecular flexibility index (Phi) is 9.16. The minimum Gasteiger partial charge on any atom is -1.00 e. The van der Waals surface area contributed by atoms with Gasteiger partial charge in [0.1, 0.15) is 0 Å². The summed E-state index contributed by atoms with van der Waals surface area (Å²) in [6.45, 7) is 0. The third kappa shape index (κ3) is 3.99. The van der Waals surface area contributed by atoms with E-state index in [1.165, 1.54) is 12.1 Å². The fourth-order valence-electron chi connectivity index (χ4n) is 0.252. The van der Waals surface area contributed by atoms with Crippen LogP contribution in [0.2, 0.25) is 0 Å². The standard InChI is InChI=1S/C5H4N2O2.K.H/c1-9-5(8)4(2-6)3-7;;/h4H,1H3;;/q;+1;-1. The van der Waals surface area contributed by atoms with Crippen LogP contribution < -0.4 is 51.4 Å². The molecule has 0 amide bonds. The monoisotopic (exact) mass is 164 g/mol. The summed E-state index contributed by atoms with van der Waals surface area (Å²) in [4.78, 5) is 10.3. The molecule has 0 bridgehead atoms. The molecule has 5 heteroatoms. The number of nitriles is 2. The van der Waals surface area contributed by atoms with Crippen LogP contribution in [0.3, 0.4) is 0 Å². The van der Waals surface area contributed by atoms with E-state index in [4.69, 9.17) is 10.5 Å². The Hall–Kier alpha value is 0.0864. The third-order valence-electron chi connectivity index (χ3n) is 0.695. The molecular weight excluding hydrogens is 159 g/mol. The maximum atomic E-state index is 10.3. The summed E-state index contributed by atoms with van der Waals surface area (Å²) in [6, 6.07) is 2.93. The number of ether oxygens (including phenoxy) is 1. The molecule has 0 aromatic carbocycles. The van der Waals surface area contributed by atoms with Crippen molar-refractivity contribution in [3.63, 3.8) is 0 Å². The molecule has 0 unspecified atom stereocenters. The molecule has 48 valence electrons. The number of carbonyl (C=O) groups is 1. The quantitative estimate of drug-likeness (QED) is 0.304. The van der Waals surface area contributed by atoms with Crippen LogP contribution in [0.5, 0.6) is 0 Å². The summed E-state index contributed by atoms with van der Waals surface area (Å²) in [5.41, 5.74) is 0. The van der Waals surface area contributed by atoms with Gasteiger partial charge in [0.25, 0.3) is 0 Å². The first-order chi connectivity index (χ1) is 4.26. The van der Waals surface area contributed by atoms with Crippen LogP contribution in [-0.4, -0.2) is 13.1 Å². The van der Waals surface area contributed by atoms with E-state index < -0.39 is 11.9 Å². The molecule has 0 atom stereocenters. The predicted octanol–water partition coefficient (Wildman–Crippen LogP) is -3.06. The van der Waals surface area contributed by atoms with Gasteiger partial charge in [-0.1, -0.05) is 0 Å². The summed E-state index contributed by atoms with van der Waals surface area (Å²) in [6.07, 6.45) is 0. The van der Waals surface area contributed by atoms with Gasteiger partial charge in [0, 0.05) is 0 Å². The van der Waals surface area contributed by atoms with Gasteiger partial charge >= 0.3 is 57.4 Å². The van der Waals surface area contributed by atoms with E-state index in [9.17, 15) is 4.79 Å². The Morgan fingerprint density at radius 3 is 2.10 bits per heavy atom. The molecule has 0 aromatic heterocycles. The zero-order valence-corrected chi connectivity index (χ0v) is 8.91. The number of methoxy groups -OCH3 is 1. The molecule has 0 saturated heterocycles. The first kappa shape index (κ1) is 12.7. The molecule has 0 aliphatic heterocycles. The molecule has 0 saturated carbocycles. The molecule has 0 aromatic rings. The van der Waals surface area contributed by atoms with Gasteiger partial charge in [0.15, 0.2) is 0 Å². The Balaban J connectivity index is -0.000000320. The van der Waals surface area contributed by atoms with Crippen LogP contribution in [0.25, 0.3) is 0 Å². The number of rotatable bonds is 1. The molecule has 0 aliphatic rings. The van der Waals surface area contributed by atoms with E-state index in [-0.39, 0.29) is 52.8 Å². The second kappa shape index (κ2) is 7.20. The van der Waals surface area contributed by atoms with E-state index in [0.717, 1.165) is 7.11 Å². The maximum absolute atomic E-state index is 10.3. The van der Waals surface area contributed by atoms with Crippen LogP contribution in [0.15, 0.2) is 0 Å². The predicted molar refractivity (Wildman–Crippen MR) is 27.8 cm³/mol. The third-order valence-corrected chi connectivity index (χ3v) is 0.695. The van der Waals surface area contributed by atoms with Gasteiger partial charge in [-0.05, 0) is 0 Å². The van der Waals surface area contributed by atoms with Gasteiger partial charge in [-0.2, -0.15) is 10.5 Å². The first-order valence-electron chi connectivity index (χ1n) is 2.13. The maximum Gasteiger partial charge on any atom is 1.00 e. The molecule has 0 fully saturated rings. The van der Waals surface area contributed by atoms with Gasteiger partial charge in [-0.3, -0.25) is 0 Å². The van der Waals surface area contributed by atoms with E-state index in [1.807, 2.05) is 0 Å². The van der Waals surface area contributed by atoms with Crippen LogP contribution in [0.1, 0.15) is 1.43 Å². The second-order valence-electron chi connectivity index (χ2n) is 1.21. The Bertz CT molecular complexity index is 182. The van der Waals surface area contributed by atoms with Crippen molar-refractivity contribution < 1.29 is 62.3 Å². The number of hydrogen-bond donors (Lipinski definition) is 0. The van der Waals surface area contributed by atoms with Crippen molar-refractivity contribution >= 4 is 5.97 Å². The van der Waals surface area contributed by atoms with Crippen LogP contribution in [-0.2, 0) is 9.53 Å². The molecule has 0 spiro atoms. The Labute approximate surface area is 103 Å². The SMILES string of the molecule is COC(=O)C(C#N)C#N.[H-].[K+]. The van der Waals surface area contributed by atoms with E-state index >= 15 is 0 Å². The number of nitrogens with zero attached hydrogens (tertiary/aromatic N) is 2. The fraction of sp³-hybridized carbons (Fsp3) is 0.400. The van der Waals surface area contributed by atoms with Gasteiger partial charge in [0.05, 0.1) is 19.2 Å². The zero-order chi connectivity index (χ0) is 7.28. The molecule has 0 radical (unpaired) electrons. The minimum atomic E-state index is -1.28. The average Bonchev–Trinajstić information content (AvgIpc) is 1.90. The first-order valence-corrected chi connectivity index (χ1v) is 2.13. The van der Waals surface area contributed by atoms with E-state index in [2.05, 4.69) is 4.74 Å². The van der Waals surface area contributed by atoms with Gasteiger partial charge in [-0.25, -0.2) is 4.79 Å². The number of hydrogen-bond acceptors (Lipinski definition) is 4.